The first-order chi connectivity index (χ1) is 17.0. The van der Waals surface area contributed by atoms with Crippen molar-refractivity contribution in [3.05, 3.63) is 42.0 Å². The molecule has 0 unspecified atom stereocenters. The summed E-state index contributed by atoms with van der Waals surface area (Å²) >= 11 is 0. The maximum Gasteiger partial charge on any atom is 0.229 e. The highest BCUT2D eigenvalue weighted by molar-refractivity contribution is 5.90. The number of ether oxygens (including phenoxy) is 2. The number of anilines is 2. The molecule has 0 spiro atoms. The largest absolute Gasteiger partial charge is 0.377 e. The van der Waals surface area contributed by atoms with Crippen molar-refractivity contribution < 1.29 is 14.3 Å². The van der Waals surface area contributed by atoms with Crippen LogP contribution < -0.4 is 15.1 Å². The van der Waals surface area contributed by atoms with Crippen molar-refractivity contribution in [2.75, 3.05) is 49.3 Å². The summed E-state index contributed by atoms with van der Waals surface area (Å²) in [4.78, 5) is 30.8. The molecule has 9 heteroatoms. The van der Waals surface area contributed by atoms with Gasteiger partial charge in [0.25, 0.3) is 0 Å². The van der Waals surface area contributed by atoms with E-state index in [1.165, 1.54) is 6.92 Å². The Morgan fingerprint density at radius 2 is 1.74 bits per heavy atom. The van der Waals surface area contributed by atoms with Crippen LogP contribution in [-0.2, 0) is 20.8 Å². The highest BCUT2D eigenvalue weighted by atomic mass is 16.5. The van der Waals surface area contributed by atoms with Crippen LogP contribution in [0, 0.1) is 0 Å². The van der Waals surface area contributed by atoms with E-state index in [4.69, 9.17) is 24.4 Å². The Labute approximate surface area is 205 Å². The van der Waals surface area contributed by atoms with Gasteiger partial charge in [-0.2, -0.15) is 9.97 Å². The van der Waals surface area contributed by atoms with Crippen LogP contribution in [0.4, 0.5) is 11.8 Å². The molecule has 35 heavy (non-hydrogen) atoms. The molecule has 0 aliphatic carbocycles. The molecule has 0 radical (unpaired) electrons. The van der Waals surface area contributed by atoms with Crippen molar-refractivity contribution >= 4 is 28.7 Å². The fraction of sp³-hybridized carbons (Fsp3) is 0.462. The highest BCUT2D eigenvalue weighted by Crippen LogP contribution is 2.31. The number of nitrogens with zero attached hydrogens (tertiary/aromatic N) is 5. The van der Waals surface area contributed by atoms with Gasteiger partial charge in [0.2, 0.25) is 11.9 Å². The lowest BCUT2D eigenvalue weighted by Gasteiger charge is -2.37. The Hall–Kier alpha value is -3.30. The summed E-state index contributed by atoms with van der Waals surface area (Å²) in [6.07, 6.45) is 0. The molecule has 9 nitrogen and oxygen atoms in total. The Balaban J connectivity index is 1.58. The first-order valence-corrected chi connectivity index (χ1v) is 12.2. The van der Waals surface area contributed by atoms with Crippen molar-refractivity contribution in [3.8, 4) is 11.3 Å². The maximum absolute atomic E-state index is 11.3. The summed E-state index contributed by atoms with van der Waals surface area (Å²) < 4.78 is 11.3. The lowest BCUT2D eigenvalue weighted by Crippen LogP contribution is -2.46. The molecular weight excluding hydrogens is 444 g/mol. The van der Waals surface area contributed by atoms with E-state index in [1.807, 2.05) is 24.3 Å². The van der Waals surface area contributed by atoms with Crippen LogP contribution in [0.1, 0.15) is 26.3 Å². The third-order valence-corrected chi connectivity index (χ3v) is 6.56. The summed E-state index contributed by atoms with van der Waals surface area (Å²) in [6.45, 7) is 10.5. The van der Waals surface area contributed by atoms with Gasteiger partial charge in [-0.15, -0.1) is 0 Å². The number of aromatic nitrogens is 3. The third kappa shape index (κ3) is 5.06. The summed E-state index contributed by atoms with van der Waals surface area (Å²) in [5.74, 6) is 1.54. The minimum atomic E-state index is -0.0503. The predicted octanol–water partition coefficient (Wildman–Crippen LogP) is 2.78. The third-order valence-electron chi connectivity index (χ3n) is 6.56. The van der Waals surface area contributed by atoms with Gasteiger partial charge in [0, 0.05) is 32.1 Å². The number of hydrogen-bond donors (Lipinski definition) is 1. The van der Waals surface area contributed by atoms with Crippen molar-refractivity contribution in [1.29, 1.82) is 0 Å². The van der Waals surface area contributed by atoms with Crippen LogP contribution in [0.2, 0.25) is 0 Å². The van der Waals surface area contributed by atoms with Crippen LogP contribution in [-0.4, -0.2) is 72.5 Å². The van der Waals surface area contributed by atoms with Crippen LogP contribution in [0.15, 0.2) is 36.4 Å². The number of fused-ring (bicyclic) bond motifs is 1. The Kier molecular flexibility index (Phi) is 6.79. The van der Waals surface area contributed by atoms with E-state index in [0.717, 1.165) is 41.1 Å². The number of rotatable bonds is 5. The molecule has 1 amide bonds. The summed E-state index contributed by atoms with van der Waals surface area (Å²) in [5, 5.41) is 3.79. The van der Waals surface area contributed by atoms with Gasteiger partial charge in [0.05, 0.1) is 49.6 Å². The Morgan fingerprint density at radius 1 is 1.00 bits per heavy atom. The Bertz CT molecular complexity index is 1220. The molecule has 1 N–H and O–H groups in total. The minimum Gasteiger partial charge on any atom is -0.377 e. The number of nitrogens with one attached hydrogen (secondary N) is 1. The molecule has 2 atom stereocenters. The van der Waals surface area contributed by atoms with E-state index in [2.05, 4.69) is 41.1 Å². The monoisotopic (exact) mass is 476 g/mol. The van der Waals surface area contributed by atoms with E-state index in [-0.39, 0.29) is 18.0 Å². The van der Waals surface area contributed by atoms with Crippen molar-refractivity contribution in [2.45, 2.75) is 39.4 Å². The maximum atomic E-state index is 11.3. The molecule has 2 fully saturated rings. The minimum absolute atomic E-state index is 0.0503. The fourth-order valence-corrected chi connectivity index (χ4v) is 4.62. The van der Waals surface area contributed by atoms with Crippen LogP contribution in [0.3, 0.4) is 0 Å². The average Bonchev–Trinajstić information content (AvgIpc) is 2.87. The van der Waals surface area contributed by atoms with Gasteiger partial charge in [-0.25, -0.2) is 4.98 Å². The lowest BCUT2D eigenvalue weighted by molar-refractivity contribution is -0.119. The second-order valence-corrected chi connectivity index (χ2v) is 9.26. The number of benzene rings is 1. The van der Waals surface area contributed by atoms with E-state index in [9.17, 15) is 4.79 Å². The number of amides is 1. The second-order valence-electron chi connectivity index (χ2n) is 9.26. The molecular formula is C26H32N6O3. The van der Waals surface area contributed by atoms with Gasteiger partial charge >= 0.3 is 0 Å². The standard InChI is InChI=1S/C26H32N6O3/c1-17-15-34-11-9-31(17)25-22-7-8-23(21-6-4-5-20(13-21)14-27-19(3)33)28-24(22)29-26(30-25)32-10-12-35-16-18(32)2/h4-8,13,17-18H,9-12,14-16H2,1-3H3,(H,27,33)/t17-,18-/m0/s1. The van der Waals surface area contributed by atoms with Gasteiger partial charge in [-0.3, -0.25) is 4.79 Å². The Morgan fingerprint density at radius 3 is 2.46 bits per heavy atom. The number of morpholine rings is 2. The van der Waals surface area contributed by atoms with E-state index in [0.29, 0.717) is 44.6 Å². The molecule has 0 bridgehead atoms. The number of hydrogen-bond acceptors (Lipinski definition) is 8. The molecule has 0 saturated carbocycles. The van der Waals surface area contributed by atoms with Gasteiger partial charge < -0.3 is 24.6 Å². The fourth-order valence-electron chi connectivity index (χ4n) is 4.62. The normalized spacial score (nSPS) is 20.8. The highest BCUT2D eigenvalue weighted by Gasteiger charge is 2.27. The van der Waals surface area contributed by atoms with Crippen molar-refractivity contribution in [3.63, 3.8) is 0 Å². The predicted molar refractivity (Wildman–Crippen MR) is 136 cm³/mol. The van der Waals surface area contributed by atoms with Crippen molar-refractivity contribution in [1.82, 2.24) is 20.3 Å². The second kappa shape index (κ2) is 10.1. The van der Waals surface area contributed by atoms with E-state index >= 15 is 0 Å². The zero-order chi connectivity index (χ0) is 24.4. The molecule has 184 valence electrons. The number of carbonyl (C=O) groups excluding carboxylic acids is 1. The molecule has 4 heterocycles. The summed E-state index contributed by atoms with van der Waals surface area (Å²) in [7, 11) is 0. The van der Waals surface area contributed by atoms with Crippen LogP contribution >= 0.6 is 0 Å². The van der Waals surface area contributed by atoms with Crippen molar-refractivity contribution in [2.24, 2.45) is 0 Å². The smallest absolute Gasteiger partial charge is 0.229 e. The molecule has 1 aromatic carbocycles. The quantitative estimate of drug-likeness (QED) is 0.601. The average molecular weight is 477 g/mol. The first kappa shape index (κ1) is 23.4. The molecule has 2 aliphatic heterocycles. The van der Waals surface area contributed by atoms with E-state index < -0.39 is 0 Å². The zero-order valence-corrected chi connectivity index (χ0v) is 20.5. The topological polar surface area (TPSA) is 92.7 Å². The van der Waals surface area contributed by atoms with Gasteiger partial charge in [0.15, 0.2) is 5.65 Å². The van der Waals surface area contributed by atoms with Gasteiger partial charge in [-0.1, -0.05) is 18.2 Å². The molecule has 3 aromatic rings. The van der Waals surface area contributed by atoms with Crippen LogP contribution in [0.25, 0.3) is 22.3 Å². The SMILES string of the molecule is CC(=O)NCc1cccc(-c2ccc3c(N4CCOC[C@@H]4C)nc(N4CCOC[C@@H]4C)nc3n2)c1. The lowest BCUT2D eigenvalue weighted by atomic mass is 10.1. The molecule has 2 saturated heterocycles. The summed E-state index contributed by atoms with van der Waals surface area (Å²) in [6, 6.07) is 12.6. The first-order valence-electron chi connectivity index (χ1n) is 12.2. The van der Waals surface area contributed by atoms with Gasteiger partial charge in [0.1, 0.15) is 5.82 Å². The van der Waals surface area contributed by atoms with Gasteiger partial charge in [-0.05, 0) is 37.6 Å². The van der Waals surface area contributed by atoms with E-state index in [1.54, 1.807) is 0 Å². The zero-order valence-electron chi connectivity index (χ0n) is 20.5. The number of carbonyl (C=O) groups is 1. The molecule has 2 aromatic heterocycles. The summed E-state index contributed by atoms with van der Waals surface area (Å²) in [5.41, 5.74) is 3.51. The number of pyridine rings is 1. The molecule has 5 rings (SSSR count). The van der Waals surface area contributed by atoms with Crippen LogP contribution in [0.5, 0.6) is 0 Å². The molecule has 2 aliphatic rings.